The van der Waals surface area contributed by atoms with Gasteiger partial charge in [-0.3, -0.25) is 4.18 Å². The van der Waals surface area contributed by atoms with E-state index in [0.717, 1.165) is 6.26 Å². The van der Waals surface area contributed by atoms with Crippen LogP contribution in [0.3, 0.4) is 0 Å². The SMILES string of the molecule is CC(C)(C)OC(=O)NOC(=O)C1CC(COS(C)(=O)=O)C1. The van der Waals surface area contributed by atoms with Crippen molar-refractivity contribution < 1.29 is 31.8 Å². The highest BCUT2D eigenvalue weighted by Crippen LogP contribution is 2.34. The summed E-state index contributed by atoms with van der Waals surface area (Å²) in [4.78, 5) is 27.5. The number of hydrogen-bond acceptors (Lipinski definition) is 7. The molecule has 1 saturated carbocycles. The first-order valence-electron chi connectivity index (χ1n) is 6.50. The molecule has 21 heavy (non-hydrogen) atoms. The molecule has 0 aliphatic heterocycles. The quantitative estimate of drug-likeness (QED) is 0.606. The third-order valence-corrected chi connectivity index (χ3v) is 3.28. The Kier molecular flexibility index (Phi) is 5.57. The first kappa shape index (κ1) is 17.7. The highest BCUT2D eigenvalue weighted by atomic mass is 32.2. The zero-order chi connectivity index (χ0) is 16.3. The van der Waals surface area contributed by atoms with Crippen LogP contribution in [0, 0.1) is 11.8 Å². The zero-order valence-electron chi connectivity index (χ0n) is 12.5. The van der Waals surface area contributed by atoms with E-state index in [1.54, 1.807) is 20.8 Å². The van der Waals surface area contributed by atoms with E-state index in [2.05, 4.69) is 9.02 Å². The summed E-state index contributed by atoms with van der Waals surface area (Å²) in [5, 5.41) is 0. The summed E-state index contributed by atoms with van der Waals surface area (Å²) in [5.74, 6) is -0.941. The van der Waals surface area contributed by atoms with Crippen molar-refractivity contribution in [2.24, 2.45) is 11.8 Å². The third-order valence-electron chi connectivity index (χ3n) is 2.72. The summed E-state index contributed by atoms with van der Waals surface area (Å²) in [6.07, 6.45) is 1.06. The summed E-state index contributed by atoms with van der Waals surface area (Å²) in [6.45, 7) is 5.12. The molecule has 1 N–H and O–H groups in total. The Labute approximate surface area is 124 Å². The molecule has 1 aliphatic carbocycles. The van der Waals surface area contributed by atoms with Crippen LogP contribution in [0.1, 0.15) is 33.6 Å². The molecule has 0 atom stereocenters. The lowest BCUT2D eigenvalue weighted by Crippen LogP contribution is -2.39. The fraction of sp³-hybridized carbons (Fsp3) is 0.833. The maximum Gasteiger partial charge on any atom is 0.441 e. The molecule has 1 fully saturated rings. The average molecular weight is 323 g/mol. The van der Waals surface area contributed by atoms with E-state index in [1.165, 1.54) is 0 Å². The van der Waals surface area contributed by atoms with Crippen LogP contribution in [0.4, 0.5) is 4.79 Å². The highest BCUT2D eigenvalue weighted by Gasteiger charge is 2.37. The Morgan fingerprint density at radius 1 is 1.24 bits per heavy atom. The third kappa shape index (κ3) is 7.28. The topological polar surface area (TPSA) is 108 Å². The van der Waals surface area contributed by atoms with E-state index in [0.29, 0.717) is 12.8 Å². The molecule has 0 radical (unpaired) electrons. The van der Waals surface area contributed by atoms with Gasteiger partial charge in [0.2, 0.25) is 0 Å². The van der Waals surface area contributed by atoms with Crippen LogP contribution >= 0.6 is 0 Å². The number of carbonyl (C=O) groups excluding carboxylic acids is 2. The van der Waals surface area contributed by atoms with Gasteiger partial charge in [0.25, 0.3) is 10.1 Å². The number of amides is 1. The van der Waals surface area contributed by atoms with Gasteiger partial charge in [-0.2, -0.15) is 8.42 Å². The monoisotopic (exact) mass is 323 g/mol. The van der Waals surface area contributed by atoms with Crippen LogP contribution in [0.15, 0.2) is 0 Å². The second kappa shape index (κ2) is 6.61. The summed E-state index contributed by atoms with van der Waals surface area (Å²) in [5.41, 5.74) is 1.24. The summed E-state index contributed by atoms with van der Waals surface area (Å²) >= 11 is 0. The van der Waals surface area contributed by atoms with Crippen molar-refractivity contribution in [2.75, 3.05) is 12.9 Å². The number of nitrogens with one attached hydrogen (secondary N) is 1. The fourth-order valence-electron chi connectivity index (χ4n) is 1.76. The van der Waals surface area contributed by atoms with Gasteiger partial charge in [0.05, 0.1) is 18.8 Å². The molecule has 0 aromatic heterocycles. The van der Waals surface area contributed by atoms with E-state index in [4.69, 9.17) is 4.74 Å². The van der Waals surface area contributed by atoms with Gasteiger partial charge in [0, 0.05) is 0 Å². The van der Waals surface area contributed by atoms with Gasteiger partial charge in [0.15, 0.2) is 0 Å². The molecule has 0 heterocycles. The molecular formula is C12H21NO7S. The Morgan fingerprint density at radius 2 is 1.81 bits per heavy atom. The average Bonchev–Trinajstić information content (AvgIpc) is 2.20. The molecule has 0 unspecified atom stereocenters. The minimum Gasteiger partial charge on any atom is -0.442 e. The lowest BCUT2D eigenvalue weighted by molar-refractivity contribution is -0.160. The number of hydrogen-bond donors (Lipinski definition) is 1. The maximum atomic E-state index is 11.6. The van der Waals surface area contributed by atoms with Gasteiger partial charge in [-0.1, -0.05) is 0 Å². The molecule has 0 aromatic rings. The molecule has 0 aromatic carbocycles. The van der Waals surface area contributed by atoms with E-state index < -0.39 is 27.8 Å². The van der Waals surface area contributed by atoms with E-state index in [9.17, 15) is 18.0 Å². The molecule has 1 amide bonds. The van der Waals surface area contributed by atoms with Crippen molar-refractivity contribution in [1.29, 1.82) is 0 Å². The maximum absolute atomic E-state index is 11.6. The molecule has 122 valence electrons. The van der Waals surface area contributed by atoms with Crippen molar-refractivity contribution in [3.8, 4) is 0 Å². The Balaban J connectivity index is 2.20. The number of rotatable bonds is 4. The van der Waals surface area contributed by atoms with Gasteiger partial charge in [0.1, 0.15) is 5.60 Å². The lowest BCUT2D eigenvalue weighted by Gasteiger charge is -2.32. The first-order chi connectivity index (χ1) is 9.46. The van der Waals surface area contributed by atoms with Crippen molar-refractivity contribution in [3.63, 3.8) is 0 Å². The van der Waals surface area contributed by atoms with Crippen LogP contribution in [-0.4, -0.2) is 38.9 Å². The minimum absolute atomic E-state index is 0.00111. The minimum atomic E-state index is -3.46. The van der Waals surface area contributed by atoms with Gasteiger partial charge in [-0.05, 0) is 39.5 Å². The standard InChI is InChI=1S/C12H21NO7S/c1-12(2,3)19-11(15)13-20-10(14)9-5-8(6-9)7-18-21(4,16)17/h8-9H,5-7H2,1-4H3,(H,13,15). The lowest BCUT2D eigenvalue weighted by atomic mass is 9.75. The van der Waals surface area contributed by atoms with Crippen LogP contribution in [0.25, 0.3) is 0 Å². The first-order valence-corrected chi connectivity index (χ1v) is 8.32. The van der Waals surface area contributed by atoms with Crippen LogP contribution in [-0.2, 0) is 28.7 Å². The van der Waals surface area contributed by atoms with Crippen LogP contribution in [0.2, 0.25) is 0 Å². The molecule has 0 spiro atoms. The zero-order valence-corrected chi connectivity index (χ0v) is 13.4. The number of carbonyl (C=O) groups is 2. The Morgan fingerprint density at radius 3 is 2.29 bits per heavy atom. The van der Waals surface area contributed by atoms with Crippen LogP contribution < -0.4 is 5.48 Å². The Hall–Kier alpha value is -1.35. The Bertz CT molecular complexity index is 488. The van der Waals surface area contributed by atoms with Crippen molar-refractivity contribution in [1.82, 2.24) is 5.48 Å². The van der Waals surface area contributed by atoms with Crippen molar-refractivity contribution in [3.05, 3.63) is 0 Å². The molecular weight excluding hydrogens is 302 g/mol. The van der Waals surface area contributed by atoms with Gasteiger partial charge in [-0.25, -0.2) is 9.59 Å². The van der Waals surface area contributed by atoms with E-state index in [-0.39, 0.29) is 18.4 Å². The molecule has 9 heteroatoms. The number of hydroxylamine groups is 1. The van der Waals surface area contributed by atoms with Crippen molar-refractivity contribution in [2.45, 2.75) is 39.2 Å². The van der Waals surface area contributed by atoms with E-state index in [1.807, 2.05) is 5.48 Å². The van der Waals surface area contributed by atoms with Crippen LogP contribution in [0.5, 0.6) is 0 Å². The molecule has 1 aliphatic rings. The molecule has 0 bridgehead atoms. The van der Waals surface area contributed by atoms with Gasteiger partial charge >= 0.3 is 12.1 Å². The normalized spacial score (nSPS) is 22.1. The molecule has 0 saturated heterocycles. The summed E-state index contributed by atoms with van der Waals surface area (Å²) in [7, 11) is -3.46. The largest absolute Gasteiger partial charge is 0.442 e. The fourth-order valence-corrected chi connectivity index (χ4v) is 2.20. The molecule has 8 nitrogen and oxygen atoms in total. The predicted octanol–water partition coefficient (Wildman–Crippen LogP) is 0.972. The summed E-state index contributed by atoms with van der Waals surface area (Å²) in [6, 6.07) is 0. The van der Waals surface area contributed by atoms with Gasteiger partial charge in [-0.15, -0.1) is 5.48 Å². The van der Waals surface area contributed by atoms with E-state index >= 15 is 0 Å². The second-order valence-corrected chi connectivity index (χ2v) is 7.69. The highest BCUT2D eigenvalue weighted by molar-refractivity contribution is 7.85. The van der Waals surface area contributed by atoms with Crippen molar-refractivity contribution >= 4 is 22.2 Å². The molecule has 1 rings (SSSR count). The number of ether oxygens (including phenoxy) is 1. The van der Waals surface area contributed by atoms with Gasteiger partial charge < -0.3 is 9.57 Å². The predicted molar refractivity (Wildman–Crippen MR) is 72.5 cm³/mol. The summed E-state index contributed by atoms with van der Waals surface area (Å²) < 4.78 is 31.2. The second-order valence-electron chi connectivity index (χ2n) is 6.05. The smallest absolute Gasteiger partial charge is 0.441 e.